The number of hydrogen-bond donors (Lipinski definition) is 1. The Labute approximate surface area is 178 Å². The molecule has 0 aliphatic carbocycles. The van der Waals surface area contributed by atoms with E-state index in [2.05, 4.69) is 19.2 Å². The Balaban J connectivity index is 1.78. The number of hydrogen-bond acceptors (Lipinski definition) is 4. The molecule has 1 N–H and O–H groups in total. The van der Waals surface area contributed by atoms with Gasteiger partial charge in [0.2, 0.25) is 0 Å². The topological polar surface area (TPSA) is 61.9 Å². The van der Waals surface area contributed by atoms with Gasteiger partial charge in [-0.2, -0.15) is 0 Å². The molecule has 2 amide bonds. The van der Waals surface area contributed by atoms with E-state index in [1.807, 2.05) is 53.4 Å². The van der Waals surface area contributed by atoms with E-state index in [9.17, 15) is 9.59 Å². The molecule has 2 aromatic rings. The van der Waals surface area contributed by atoms with Crippen LogP contribution in [0.25, 0.3) is 0 Å². The van der Waals surface area contributed by atoms with Crippen molar-refractivity contribution in [1.29, 1.82) is 0 Å². The third-order valence-corrected chi connectivity index (χ3v) is 5.30. The Morgan fingerprint density at radius 3 is 2.37 bits per heavy atom. The molecule has 6 nitrogen and oxygen atoms in total. The average Bonchev–Trinajstić information content (AvgIpc) is 3.03. The third kappa shape index (κ3) is 4.65. The van der Waals surface area contributed by atoms with Crippen molar-refractivity contribution < 1.29 is 14.3 Å². The maximum atomic E-state index is 12.8. The van der Waals surface area contributed by atoms with E-state index in [-0.39, 0.29) is 18.0 Å². The highest BCUT2D eigenvalue weighted by atomic mass is 16.5. The molecule has 0 spiro atoms. The Bertz CT molecular complexity index is 860. The zero-order valence-electron chi connectivity index (χ0n) is 18.1. The fourth-order valence-corrected chi connectivity index (χ4v) is 3.85. The molecule has 1 aliphatic heterocycles. The van der Waals surface area contributed by atoms with Crippen LogP contribution in [0.15, 0.2) is 48.5 Å². The van der Waals surface area contributed by atoms with Crippen molar-refractivity contribution in [2.75, 3.05) is 38.7 Å². The fourth-order valence-electron chi connectivity index (χ4n) is 3.85. The molecule has 2 aromatic carbocycles. The van der Waals surface area contributed by atoms with Crippen LogP contribution >= 0.6 is 0 Å². The fraction of sp³-hybridized carbons (Fsp3) is 0.417. The lowest BCUT2D eigenvalue weighted by Crippen LogP contribution is -2.35. The van der Waals surface area contributed by atoms with E-state index in [0.29, 0.717) is 24.3 Å². The number of methoxy groups -OCH3 is 1. The summed E-state index contributed by atoms with van der Waals surface area (Å²) in [5, 5.41) is 3.46. The van der Waals surface area contributed by atoms with Gasteiger partial charge in [-0.05, 0) is 43.2 Å². The summed E-state index contributed by atoms with van der Waals surface area (Å²) in [6.07, 6.45) is 1.62. The summed E-state index contributed by atoms with van der Waals surface area (Å²) in [5.41, 5.74) is 3.21. The summed E-state index contributed by atoms with van der Waals surface area (Å²) < 4.78 is 5.19. The van der Waals surface area contributed by atoms with Crippen molar-refractivity contribution in [2.45, 2.75) is 32.9 Å². The first-order valence-corrected chi connectivity index (χ1v) is 10.6. The Morgan fingerprint density at radius 2 is 1.73 bits per heavy atom. The number of ether oxygens (including phenoxy) is 1. The summed E-state index contributed by atoms with van der Waals surface area (Å²) in [5.74, 6) is 0.0649. The normalized spacial score (nSPS) is 15.2. The molecular formula is C24H31N3O3. The number of carbonyl (C=O) groups excluding carboxylic acids is 2. The molecule has 0 fully saturated rings. The molecular weight excluding hydrogens is 378 g/mol. The quantitative estimate of drug-likeness (QED) is 0.640. The number of fused-ring (bicyclic) bond motifs is 1. The Morgan fingerprint density at radius 1 is 1.07 bits per heavy atom. The zero-order chi connectivity index (χ0) is 21.5. The van der Waals surface area contributed by atoms with Crippen LogP contribution in [0.1, 0.15) is 59.1 Å². The van der Waals surface area contributed by atoms with E-state index in [1.54, 1.807) is 12.0 Å². The first-order chi connectivity index (χ1) is 14.6. The highest BCUT2D eigenvalue weighted by Crippen LogP contribution is 2.34. The minimum absolute atomic E-state index is 0.00159. The van der Waals surface area contributed by atoms with Gasteiger partial charge in [-0.15, -0.1) is 0 Å². The number of anilines is 1. The van der Waals surface area contributed by atoms with Crippen LogP contribution in [0.4, 0.5) is 5.69 Å². The van der Waals surface area contributed by atoms with Crippen molar-refractivity contribution in [1.82, 2.24) is 9.80 Å². The predicted molar refractivity (Wildman–Crippen MR) is 119 cm³/mol. The molecule has 0 radical (unpaired) electrons. The molecule has 160 valence electrons. The second-order valence-electron chi connectivity index (χ2n) is 7.50. The summed E-state index contributed by atoms with van der Waals surface area (Å²) in [6.45, 7) is 6.67. The molecule has 1 aliphatic rings. The maximum Gasteiger partial charge on any atom is 0.256 e. The first kappa shape index (κ1) is 21.8. The predicted octanol–water partition coefficient (Wildman–Crippen LogP) is 4.16. The molecule has 1 unspecified atom stereocenters. The van der Waals surface area contributed by atoms with Gasteiger partial charge in [-0.3, -0.25) is 9.59 Å². The largest absolute Gasteiger partial charge is 0.383 e. The standard InChI is InChI=1S/C24H31N3O3/c1-4-14-26(15-5-2)23(28)18-10-12-19(13-11-18)25-22-20-8-6-7-9-21(20)24(29)27(22)16-17-30-3/h6-13,22,25H,4-5,14-17H2,1-3H3. The Kier molecular flexibility index (Phi) is 7.46. The molecule has 30 heavy (non-hydrogen) atoms. The zero-order valence-corrected chi connectivity index (χ0v) is 18.1. The third-order valence-electron chi connectivity index (χ3n) is 5.30. The lowest BCUT2D eigenvalue weighted by Gasteiger charge is -2.27. The van der Waals surface area contributed by atoms with Gasteiger partial charge < -0.3 is 19.9 Å². The summed E-state index contributed by atoms with van der Waals surface area (Å²) >= 11 is 0. The smallest absolute Gasteiger partial charge is 0.256 e. The van der Waals surface area contributed by atoms with Gasteiger partial charge in [0.25, 0.3) is 11.8 Å². The number of benzene rings is 2. The molecule has 0 saturated heterocycles. The van der Waals surface area contributed by atoms with Crippen LogP contribution in [0.3, 0.4) is 0 Å². The minimum Gasteiger partial charge on any atom is -0.383 e. The summed E-state index contributed by atoms with van der Waals surface area (Å²) in [7, 11) is 1.63. The number of nitrogens with zero attached hydrogens (tertiary/aromatic N) is 2. The number of carbonyl (C=O) groups is 2. The van der Waals surface area contributed by atoms with Gasteiger partial charge in [-0.1, -0.05) is 32.0 Å². The molecule has 6 heteroatoms. The van der Waals surface area contributed by atoms with Gasteiger partial charge in [0, 0.05) is 49.1 Å². The van der Waals surface area contributed by atoms with Crippen LogP contribution in [-0.2, 0) is 4.74 Å². The van der Waals surface area contributed by atoms with Gasteiger partial charge in [-0.25, -0.2) is 0 Å². The van der Waals surface area contributed by atoms with E-state index >= 15 is 0 Å². The SMILES string of the molecule is CCCN(CCC)C(=O)c1ccc(NC2c3ccccc3C(=O)N2CCOC)cc1. The number of amides is 2. The van der Waals surface area contributed by atoms with Gasteiger partial charge in [0.05, 0.1) is 6.61 Å². The van der Waals surface area contributed by atoms with E-state index in [0.717, 1.165) is 37.2 Å². The molecule has 0 aromatic heterocycles. The van der Waals surface area contributed by atoms with E-state index in [4.69, 9.17) is 4.74 Å². The van der Waals surface area contributed by atoms with Crippen molar-refractivity contribution in [3.05, 3.63) is 65.2 Å². The van der Waals surface area contributed by atoms with E-state index < -0.39 is 0 Å². The molecule has 1 heterocycles. The van der Waals surface area contributed by atoms with Gasteiger partial charge >= 0.3 is 0 Å². The number of nitrogens with one attached hydrogen (secondary N) is 1. The van der Waals surface area contributed by atoms with Crippen LogP contribution in [0.2, 0.25) is 0 Å². The number of rotatable bonds is 10. The second-order valence-corrected chi connectivity index (χ2v) is 7.50. The average molecular weight is 410 g/mol. The monoisotopic (exact) mass is 409 g/mol. The van der Waals surface area contributed by atoms with E-state index in [1.165, 1.54) is 0 Å². The molecule has 3 rings (SSSR count). The highest BCUT2D eigenvalue weighted by Gasteiger charge is 2.36. The van der Waals surface area contributed by atoms with Crippen molar-refractivity contribution in [3.63, 3.8) is 0 Å². The lowest BCUT2D eigenvalue weighted by atomic mass is 10.1. The van der Waals surface area contributed by atoms with Gasteiger partial charge in [0.1, 0.15) is 6.17 Å². The van der Waals surface area contributed by atoms with Crippen LogP contribution in [0, 0.1) is 0 Å². The van der Waals surface area contributed by atoms with Crippen molar-refractivity contribution in [2.24, 2.45) is 0 Å². The highest BCUT2D eigenvalue weighted by molar-refractivity contribution is 5.99. The Hall–Kier alpha value is -2.86. The first-order valence-electron chi connectivity index (χ1n) is 10.6. The molecule has 1 atom stereocenters. The molecule has 0 bridgehead atoms. The van der Waals surface area contributed by atoms with Crippen LogP contribution < -0.4 is 5.32 Å². The lowest BCUT2D eigenvalue weighted by molar-refractivity contribution is 0.0674. The van der Waals surface area contributed by atoms with Crippen LogP contribution in [0.5, 0.6) is 0 Å². The summed E-state index contributed by atoms with van der Waals surface area (Å²) in [4.78, 5) is 29.3. The maximum absolute atomic E-state index is 12.8. The van der Waals surface area contributed by atoms with Crippen molar-refractivity contribution in [3.8, 4) is 0 Å². The second kappa shape index (κ2) is 10.3. The van der Waals surface area contributed by atoms with Gasteiger partial charge in [0.15, 0.2) is 0 Å². The van der Waals surface area contributed by atoms with Crippen molar-refractivity contribution >= 4 is 17.5 Å². The molecule has 0 saturated carbocycles. The minimum atomic E-state index is -0.262. The summed E-state index contributed by atoms with van der Waals surface area (Å²) in [6, 6.07) is 15.2. The van der Waals surface area contributed by atoms with Crippen LogP contribution in [-0.4, -0.2) is 55.0 Å².